The summed E-state index contributed by atoms with van der Waals surface area (Å²) in [6.07, 6.45) is 4.36. The molecule has 2 N–H and O–H groups in total. The van der Waals surface area contributed by atoms with E-state index in [-0.39, 0.29) is 18.4 Å². The molecule has 1 aromatic rings. The fraction of sp³-hybridized carbons (Fsp3) is 0.500. The van der Waals surface area contributed by atoms with Crippen molar-refractivity contribution in [3.8, 4) is 0 Å². The summed E-state index contributed by atoms with van der Waals surface area (Å²) in [5.74, 6) is -0.439. The van der Waals surface area contributed by atoms with Gasteiger partial charge in [0.15, 0.2) is 0 Å². The Morgan fingerprint density at radius 2 is 2.29 bits per heavy atom. The van der Waals surface area contributed by atoms with Gasteiger partial charge >= 0.3 is 0 Å². The lowest BCUT2D eigenvalue weighted by Gasteiger charge is -2.10. The SMILES string of the molecule is CCCC[C@@H](N)c1cccnc1F.Cl. The summed E-state index contributed by atoms with van der Waals surface area (Å²) in [5, 5.41) is 0. The van der Waals surface area contributed by atoms with Gasteiger partial charge in [0.2, 0.25) is 5.95 Å². The molecule has 0 aromatic carbocycles. The first-order valence-electron chi connectivity index (χ1n) is 4.61. The van der Waals surface area contributed by atoms with Crippen LogP contribution in [0.2, 0.25) is 0 Å². The van der Waals surface area contributed by atoms with Gasteiger partial charge in [0, 0.05) is 17.8 Å². The van der Waals surface area contributed by atoms with Crippen LogP contribution in [0.25, 0.3) is 0 Å². The fourth-order valence-corrected chi connectivity index (χ4v) is 1.25. The number of halogens is 2. The zero-order valence-corrected chi connectivity index (χ0v) is 9.06. The molecule has 0 aliphatic rings. The van der Waals surface area contributed by atoms with Crippen molar-refractivity contribution in [1.29, 1.82) is 0 Å². The van der Waals surface area contributed by atoms with Gasteiger partial charge in [-0.05, 0) is 12.5 Å². The van der Waals surface area contributed by atoms with Gasteiger partial charge in [-0.1, -0.05) is 25.8 Å². The topological polar surface area (TPSA) is 38.9 Å². The predicted molar refractivity (Wildman–Crippen MR) is 57.9 cm³/mol. The van der Waals surface area contributed by atoms with E-state index in [4.69, 9.17) is 5.73 Å². The lowest BCUT2D eigenvalue weighted by molar-refractivity contribution is 0.522. The predicted octanol–water partition coefficient (Wildman–Crippen LogP) is 2.83. The second-order valence-electron chi connectivity index (χ2n) is 3.13. The maximum absolute atomic E-state index is 13.1. The van der Waals surface area contributed by atoms with Gasteiger partial charge < -0.3 is 5.73 Å². The number of nitrogens with two attached hydrogens (primary N) is 1. The number of hydrogen-bond acceptors (Lipinski definition) is 2. The van der Waals surface area contributed by atoms with Gasteiger partial charge in [-0.3, -0.25) is 0 Å². The van der Waals surface area contributed by atoms with E-state index >= 15 is 0 Å². The van der Waals surface area contributed by atoms with Crippen LogP contribution in [0.5, 0.6) is 0 Å². The fourth-order valence-electron chi connectivity index (χ4n) is 1.25. The number of unbranched alkanes of at least 4 members (excludes halogenated alkanes) is 1. The Balaban J connectivity index is 0.00000169. The Morgan fingerprint density at radius 3 is 2.86 bits per heavy atom. The molecule has 1 atom stereocenters. The number of hydrogen-bond donors (Lipinski definition) is 1. The molecular weight excluding hydrogens is 203 g/mol. The quantitative estimate of drug-likeness (QED) is 0.790. The molecule has 1 aromatic heterocycles. The van der Waals surface area contributed by atoms with Crippen molar-refractivity contribution in [3.63, 3.8) is 0 Å². The van der Waals surface area contributed by atoms with Crippen molar-refractivity contribution in [2.45, 2.75) is 32.2 Å². The number of rotatable bonds is 4. The molecule has 0 unspecified atom stereocenters. The normalized spacial score (nSPS) is 11.9. The Bertz CT molecular complexity index is 268. The molecule has 14 heavy (non-hydrogen) atoms. The summed E-state index contributed by atoms with van der Waals surface area (Å²) >= 11 is 0. The van der Waals surface area contributed by atoms with Crippen LogP contribution in [0, 0.1) is 5.95 Å². The molecule has 0 saturated heterocycles. The number of pyridine rings is 1. The summed E-state index contributed by atoms with van der Waals surface area (Å²) in [6.45, 7) is 2.09. The van der Waals surface area contributed by atoms with E-state index in [0.29, 0.717) is 5.56 Å². The van der Waals surface area contributed by atoms with Crippen molar-refractivity contribution in [1.82, 2.24) is 4.98 Å². The summed E-state index contributed by atoms with van der Waals surface area (Å²) in [5.41, 5.74) is 6.33. The molecule has 0 aliphatic heterocycles. The molecule has 2 nitrogen and oxygen atoms in total. The van der Waals surface area contributed by atoms with Gasteiger partial charge in [0.25, 0.3) is 0 Å². The molecule has 4 heteroatoms. The summed E-state index contributed by atoms with van der Waals surface area (Å²) < 4.78 is 13.1. The molecule has 0 fully saturated rings. The molecule has 0 amide bonds. The number of nitrogens with zero attached hydrogens (tertiary/aromatic N) is 1. The van der Waals surface area contributed by atoms with Gasteiger partial charge in [0.05, 0.1) is 0 Å². The lowest BCUT2D eigenvalue weighted by atomic mass is 10.0. The van der Waals surface area contributed by atoms with Crippen LogP contribution in [-0.4, -0.2) is 4.98 Å². The second kappa shape index (κ2) is 6.74. The van der Waals surface area contributed by atoms with Gasteiger partial charge in [-0.15, -0.1) is 12.4 Å². The van der Waals surface area contributed by atoms with Crippen molar-refractivity contribution in [2.24, 2.45) is 5.73 Å². The first-order chi connectivity index (χ1) is 6.25. The van der Waals surface area contributed by atoms with Crippen LogP contribution < -0.4 is 5.73 Å². The van der Waals surface area contributed by atoms with E-state index in [0.717, 1.165) is 19.3 Å². The minimum absolute atomic E-state index is 0. The molecule has 0 saturated carbocycles. The van der Waals surface area contributed by atoms with Crippen molar-refractivity contribution < 1.29 is 4.39 Å². The van der Waals surface area contributed by atoms with Gasteiger partial charge in [0.1, 0.15) is 0 Å². The van der Waals surface area contributed by atoms with E-state index in [9.17, 15) is 4.39 Å². The Hall–Kier alpha value is -0.670. The second-order valence-corrected chi connectivity index (χ2v) is 3.13. The van der Waals surface area contributed by atoms with Crippen LogP contribution in [0.15, 0.2) is 18.3 Å². The molecule has 0 bridgehead atoms. The highest BCUT2D eigenvalue weighted by Gasteiger charge is 2.10. The molecule has 0 spiro atoms. The van der Waals surface area contributed by atoms with E-state index in [2.05, 4.69) is 11.9 Å². The third kappa shape index (κ3) is 3.60. The van der Waals surface area contributed by atoms with Crippen LogP contribution in [-0.2, 0) is 0 Å². The summed E-state index contributed by atoms with van der Waals surface area (Å²) in [4.78, 5) is 3.56. The van der Waals surface area contributed by atoms with Crippen molar-refractivity contribution in [2.75, 3.05) is 0 Å². The highest BCUT2D eigenvalue weighted by molar-refractivity contribution is 5.85. The van der Waals surface area contributed by atoms with Crippen LogP contribution >= 0.6 is 12.4 Å². The number of aromatic nitrogens is 1. The molecule has 1 rings (SSSR count). The molecule has 0 radical (unpaired) electrons. The average molecular weight is 219 g/mol. The lowest BCUT2D eigenvalue weighted by Crippen LogP contribution is -2.12. The van der Waals surface area contributed by atoms with Crippen molar-refractivity contribution >= 4 is 12.4 Å². The van der Waals surface area contributed by atoms with E-state index in [1.54, 1.807) is 12.1 Å². The minimum atomic E-state index is -0.439. The maximum atomic E-state index is 13.1. The highest BCUT2D eigenvalue weighted by Crippen LogP contribution is 2.17. The Labute approximate surface area is 90.1 Å². The van der Waals surface area contributed by atoms with E-state index in [1.165, 1.54) is 6.20 Å². The smallest absolute Gasteiger partial charge is 0.217 e. The molecule has 1 heterocycles. The van der Waals surface area contributed by atoms with E-state index < -0.39 is 5.95 Å². The first-order valence-corrected chi connectivity index (χ1v) is 4.61. The van der Waals surface area contributed by atoms with E-state index in [1.807, 2.05) is 0 Å². The third-order valence-electron chi connectivity index (χ3n) is 2.06. The Morgan fingerprint density at radius 1 is 1.57 bits per heavy atom. The van der Waals surface area contributed by atoms with Crippen molar-refractivity contribution in [3.05, 3.63) is 29.8 Å². The monoisotopic (exact) mass is 218 g/mol. The maximum Gasteiger partial charge on any atom is 0.217 e. The largest absolute Gasteiger partial charge is 0.324 e. The average Bonchev–Trinajstić information content (AvgIpc) is 2.15. The summed E-state index contributed by atoms with van der Waals surface area (Å²) in [6, 6.07) is 3.20. The minimum Gasteiger partial charge on any atom is -0.324 e. The van der Waals surface area contributed by atoms with Gasteiger partial charge in [-0.25, -0.2) is 4.98 Å². The highest BCUT2D eigenvalue weighted by atomic mass is 35.5. The van der Waals surface area contributed by atoms with Crippen LogP contribution in [0.1, 0.15) is 37.8 Å². The zero-order chi connectivity index (χ0) is 9.68. The molecule has 80 valence electrons. The van der Waals surface area contributed by atoms with Crippen LogP contribution in [0.3, 0.4) is 0 Å². The first kappa shape index (κ1) is 13.3. The standard InChI is InChI=1S/C10H15FN2.ClH/c1-2-3-6-9(12)8-5-4-7-13-10(8)11;/h4-5,7,9H,2-3,6,12H2,1H3;1H/t9-;/m1./s1. The van der Waals surface area contributed by atoms with Crippen LogP contribution in [0.4, 0.5) is 4.39 Å². The molecular formula is C10H16ClFN2. The Kier molecular flexibility index (Phi) is 6.41. The molecule has 0 aliphatic carbocycles. The third-order valence-corrected chi connectivity index (χ3v) is 2.06. The summed E-state index contributed by atoms with van der Waals surface area (Å²) in [7, 11) is 0. The zero-order valence-electron chi connectivity index (χ0n) is 8.24. The van der Waals surface area contributed by atoms with Gasteiger partial charge in [-0.2, -0.15) is 4.39 Å².